The predicted octanol–water partition coefficient (Wildman–Crippen LogP) is 7.26. The lowest BCUT2D eigenvalue weighted by molar-refractivity contribution is 0.337. The number of hydrogen-bond donors (Lipinski definition) is 0. The van der Waals surface area contributed by atoms with E-state index in [0.29, 0.717) is 5.92 Å². The lowest BCUT2D eigenvalue weighted by atomic mass is 9.83. The summed E-state index contributed by atoms with van der Waals surface area (Å²) in [5.41, 5.74) is 5.17. The van der Waals surface area contributed by atoms with E-state index in [4.69, 9.17) is 0 Å². The zero-order chi connectivity index (χ0) is 18.2. The van der Waals surface area contributed by atoms with Crippen molar-refractivity contribution in [2.45, 2.75) is 65.2 Å². The van der Waals surface area contributed by atoms with Gasteiger partial charge in [0, 0.05) is 11.5 Å². The molecule has 0 bridgehead atoms. The zero-order valence-electron chi connectivity index (χ0n) is 16.4. The molecule has 0 atom stereocenters. The summed E-state index contributed by atoms with van der Waals surface area (Å²) in [7, 11) is 0. The van der Waals surface area contributed by atoms with Gasteiger partial charge in [-0.1, -0.05) is 74.9 Å². The highest BCUT2D eigenvalue weighted by molar-refractivity contribution is 5.64. The van der Waals surface area contributed by atoms with Crippen molar-refractivity contribution in [3.63, 3.8) is 0 Å². The van der Waals surface area contributed by atoms with Crippen LogP contribution in [-0.2, 0) is 6.42 Å². The van der Waals surface area contributed by atoms with Crippen LogP contribution >= 0.6 is 0 Å². The molecule has 1 saturated carbocycles. The lowest BCUT2D eigenvalue weighted by Crippen LogP contribution is -2.10. The molecule has 0 heteroatoms. The van der Waals surface area contributed by atoms with E-state index in [-0.39, 0.29) is 0 Å². The van der Waals surface area contributed by atoms with Gasteiger partial charge in [-0.2, -0.15) is 0 Å². The second-order valence-corrected chi connectivity index (χ2v) is 7.96. The molecule has 136 valence electrons. The first-order chi connectivity index (χ1) is 12.7. The summed E-state index contributed by atoms with van der Waals surface area (Å²) in [6.45, 7) is 4.62. The number of unbranched alkanes of at least 4 members (excludes halogenated alkanes) is 2. The van der Waals surface area contributed by atoms with Crippen LogP contribution < -0.4 is 0 Å². The number of rotatable bonds is 5. The summed E-state index contributed by atoms with van der Waals surface area (Å²) in [6.07, 6.45) is 10.3. The van der Waals surface area contributed by atoms with Gasteiger partial charge >= 0.3 is 0 Å². The van der Waals surface area contributed by atoms with Crippen LogP contribution in [0.4, 0.5) is 0 Å². The van der Waals surface area contributed by atoms with Gasteiger partial charge < -0.3 is 0 Å². The van der Waals surface area contributed by atoms with Crippen LogP contribution in [0.3, 0.4) is 0 Å². The average Bonchev–Trinajstić information content (AvgIpc) is 2.69. The number of aryl methyl sites for hydroxylation is 1. The maximum atomic E-state index is 3.50. The molecule has 0 saturated heterocycles. The molecule has 0 spiro atoms. The summed E-state index contributed by atoms with van der Waals surface area (Å²) in [5.74, 6) is 8.39. The molecule has 3 rings (SSSR count). The molecular formula is C26H32. The monoisotopic (exact) mass is 344 g/mol. The van der Waals surface area contributed by atoms with E-state index >= 15 is 0 Å². The Hall–Kier alpha value is -2.00. The molecule has 0 nitrogen and oxygen atoms in total. The highest BCUT2D eigenvalue weighted by atomic mass is 14.2. The normalized spacial score (nSPS) is 19.6. The Morgan fingerprint density at radius 1 is 0.808 bits per heavy atom. The van der Waals surface area contributed by atoms with E-state index < -0.39 is 0 Å². The Kier molecular flexibility index (Phi) is 6.96. The molecule has 0 radical (unpaired) electrons. The van der Waals surface area contributed by atoms with Crippen LogP contribution in [-0.4, -0.2) is 0 Å². The molecule has 0 amide bonds. The fraction of sp³-hybridized carbons (Fsp3) is 0.462. The lowest BCUT2D eigenvalue weighted by Gasteiger charge is -2.21. The molecular weight excluding hydrogens is 312 g/mol. The van der Waals surface area contributed by atoms with Gasteiger partial charge in [-0.05, 0) is 73.3 Å². The van der Waals surface area contributed by atoms with Crippen LogP contribution in [0.5, 0.6) is 0 Å². The van der Waals surface area contributed by atoms with E-state index in [1.54, 1.807) is 0 Å². The molecule has 0 aliphatic heterocycles. The van der Waals surface area contributed by atoms with Gasteiger partial charge in [-0.15, -0.1) is 0 Å². The van der Waals surface area contributed by atoms with Crippen LogP contribution in [0, 0.1) is 23.7 Å². The molecule has 1 fully saturated rings. The third kappa shape index (κ3) is 5.50. The Balaban J connectivity index is 1.59. The van der Waals surface area contributed by atoms with Crippen LogP contribution in [0.15, 0.2) is 48.5 Å². The van der Waals surface area contributed by atoms with Crippen molar-refractivity contribution in [3.05, 3.63) is 59.7 Å². The number of benzene rings is 2. The summed E-state index contributed by atoms with van der Waals surface area (Å²) in [6, 6.07) is 17.8. The van der Waals surface area contributed by atoms with Gasteiger partial charge in [0.25, 0.3) is 0 Å². The van der Waals surface area contributed by atoms with Gasteiger partial charge in [-0.3, -0.25) is 0 Å². The second kappa shape index (κ2) is 9.63. The predicted molar refractivity (Wildman–Crippen MR) is 113 cm³/mol. The maximum absolute atomic E-state index is 3.50. The Labute approximate surface area is 160 Å². The molecule has 0 N–H and O–H groups in total. The van der Waals surface area contributed by atoms with Crippen LogP contribution in [0.1, 0.15) is 69.9 Å². The van der Waals surface area contributed by atoms with Crippen LogP contribution in [0.25, 0.3) is 11.1 Å². The fourth-order valence-corrected chi connectivity index (χ4v) is 3.78. The SMILES string of the molecule is CCCCCc1ccc(-c2ccc(C#CC3CCC(C)CC3)cc2)cc1. The summed E-state index contributed by atoms with van der Waals surface area (Å²) < 4.78 is 0. The Bertz CT molecular complexity index is 716. The van der Waals surface area contributed by atoms with Crippen molar-refractivity contribution in [3.8, 4) is 23.0 Å². The molecule has 0 aromatic heterocycles. The van der Waals surface area contributed by atoms with E-state index in [0.717, 1.165) is 11.5 Å². The van der Waals surface area contributed by atoms with Gasteiger partial charge in [0.2, 0.25) is 0 Å². The van der Waals surface area contributed by atoms with E-state index in [2.05, 4.69) is 74.2 Å². The minimum atomic E-state index is 0.603. The van der Waals surface area contributed by atoms with Crippen molar-refractivity contribution in [2.24, 2.45) is 11.8 Å². The molecule has 1 aliphatic rings. The maximum Gasteiger partial charge on any atom is 0.0245 e. The van der Waals surface area contributed by atoms with Crippen molar-refractivity contribution >= 4 is 0 Å². The largest absolute Gasteiger partial charge is 0.0945 e. The molecule has 2 aromatic carbocycles. The van der Waals surface area contributed by atoms with E-state index in [1.165, 1.54) is 68.1 Å². The first-order valence-corrected chi connectivity index (χ1v) is 10.5. The van der Waals surface area contributed by atoms with Crippen molar-refractivity contribution in [1.82, 2.24) is 0 Å². The standard InChI is InChI=1S/C26H32/c1-3-4-5-6-22-13-17-25(18-14-22)26-19-15-24(16-20-26)12-11-23-9-7-21(2)8-10-23/h13-21,23H,3-10H2,1-2H3. The molecule has 0 unspecified atom stereocenters. The molecule has 2 aromatic rings. The Morgan fingerprint density at radius 2 is 1.42 bits per heavy atom. The van der Waals surface area contributed by atoms with Crippen molar-refractivity contribution < 1.29 is 0 Å². The van der Waals surface area contributed by atoms with E-state index in [1.807, 2.05) is 0 Å². The van der Waals surface area contributed by atoms with Gasteiger partial charge in [0.1, 0.15) is 0 Å². The quantitative estimate of drug-likeness (QED) is 0.395. The van der Waals surface area contributed by atoms with Crippen molar-refractivity contribution in [1.29, 1.82) is 0 Å². The molecule has 0 heterocycles. The molecule has 1 aliphatic carbocycles. The minimum absolute atomic E-state index is 0.603. The van der Waals surface area contributed by atoms with Gasteiger partial charge in [0.15, 0.2) is 0 Å². The second-order valence-electron chi connectivity index (χ2n) is 7.96. The molecule has 26 heavy (non-hydrogen) atoms. The summed E-state index contributed by atoms with van der Waals surface area (Å²) in [4.78, 5) is 0. The highest BCUT2D eigenvalue weighted by Gasteiger charge is 2.15. The third-order valence-electron chi connectivity index (χ3n) is 5.68. The minimum Gasteiger partial charge on any atom is -0.0945 e. The van der Waals surface area contributed by atoms with Crippen molar-refractivity contribution in [2.75, 3.05) is 0 Å². The highest BCUT2D eigenvalue weighted by Crippen LogP contribution is 2.27. The topological polar surface area (TPSA) is 0 Å². The summed E-state index contributed by atoms with van der Waals surface area (Å²) in [5, 5.41) is 0. The first kappa shape index (κ1) is 18.8. The van der Waals surface area contributed by atoms with E-state index in [9.17, 15) is 0 Å². The number of hydrogen-bond acceptors (Lipinski definition) is 0. The smallest absolute Gasteiger partial charge is 0.0245 e. The third-order valence-corrected chi connectivity index (χ3v) is 5.68. The summed E-state index contributed by atoms with van der Waals surface area (Å²) >= 11 is 0. The van der Waals surface area contributed by atoms with Gasteiger partial charge in [-0.25, -0.2) is 0 Å². The van der Waals surface area contributed by atoms with Gasteiger partial charge in [0.05, 0.1) is 0 Å². The Morgan fingerprint density at radius 3 is 2.04 bits per heavy atom. The fourth-order valence-electron chi connectivity index (χ4n) is 3.78. The zero-order valence-corrected chi connectivity index (χ0v) is 16.4. The average molecular weight is 345 g/mol. The van der Waals surface area contributed by atoms with Crippen LogP contribution in [0.2, 0.25) is 0 Å². The first-order valence-electron chi connectivity index (χ1n) is 10.5.